The fourth-order valence-corrected chi connectivity index (χ4v) is 4.33. The first-order valence-corrected chi connectivity index (χ1v) is 11.6. The largest absolute Gasteiger partial charge is 0.357 e. The summed E-state index contributed by atoms with van der Waals surface area (Å²) >= 11 is 0. The van der Waals surface area contributed by atoms with Crippen LogP contribution in [-0.2, 0) is 24.2 Å². The minimum Gasteiger partial charge on any atom is -0.357 e. The Morgan fingerprint density at radius 3 is 2.90 bits per heavy atom. The van der Waals surface area contributed by atoms with Crippen LogP contribution in [0.15, 0.2) is 35.3 Å². The summed E-state index contributed by atoms with van der Waals surface area (Å²) in [6, 6.07) is 9.90. The van der Waals surface area contributed by atoms with Crippen molar-refractivity contribution in [2.45, 2.75) is 64.5 Å². The van der Waals surface area contributed by atoms with Gasteiger partial charge < -0.3 is 20.1 Å². The Kier molecular flexibility index (Phi) is 7.17. The van der Waals surface area contributed by atoms with E-state index in [4.69, 9.17) is 4.99 Å². The molecule has 1 unspecified atom stereocenters. The number of aromatic nitrogens is 3. The minimum absolute atomic E-state index is 0.0535. The number of hydrogen-bond donors (Lipinski definition) is 2. The lowest BCUT2D eigenvalue weighted by Crippen LogP contribution is -2.44. The van der Waals surface area contributed by atoms with Crippen molar-refractivity contribution in [2.75, 3.05) is 24.5 Å². The molecule has 1 amide bonds. The lowest BCUT2D eigenvalue weighted by atomic mass is 10.2. The van der Waals surface area contributed by atoms with Crippen LogP contribution in [0.1, 0.15) is 50.7 Å². The van der Waals surface area contributed by atoms with Crippen LogP contribution < -0.4 is 15.5 Å². The maximum Gasteiger partial charge on any atom is 0.229 e. The fraction of sp³-hybridized carbons (Fsp3) is 0.565. The van der Waals surface area contributed by atoms with Crippen LogP contribution in [0.4, 0.5) is 5.69 Å². The maximum absolute atomic E-state index is 12.5. The molecule has 1 fully saturated rings. The zero-order chi connectivity index (χ0) is 21.5. The van der Waals surface area contributed by atoms with Gasteiger partial charge in [-0.15, -0.1) is 10.2 Å². The molecule has 3 heterocycles. The van der Waals surface area contributed by atoms with Crippen LogP contribution >= 0.6 is 0 Å². The van der Waals surface area contributed by atoms with Crippen molar-refractivity contribution in [1.82, 2.24) is 25.4 Å². The zero-order valence-corrected chi connectivity index (χ0v) is 18.4. The van der Waals surface area contributed by atoms with Crippen LogP contribution in [0.25, 0.3) is 0 Å². The Morgan fingerprint density at radius 1 is 1.19 bits per heavy atom. The molecule has 0 aliphatic carbocycles. The molecule has 0 radical (unpaired) electrons. The Bertz CT molecular complexity index is 893. The van der Waals surface area contributed by atoms with Gasteiger partial charge in [0.05, 0.1) is 6.04 Å². The molecule has 2 aliphatic rings. The van der Waals surface area contributed by atoms with Gasteiger partial charge in [-0.2, -0.15) is 0 Å². The molecule has 4 rings (SSSR count). The molecule has 2 N–H and O–H groups in total. The SMILES string of the molecule is CCNC(=NCCCc1nnc2n1CCCCC2)NC1CC(=O)N(c2ccccc2)C1. The number of nitrogens with zero attached hydrogens (tertiary/aromatic N) is 5. The smallest absolute Gasteiger partial charge is 0.229 e. The average Bonchev–Trinajstić information content (AvgIpc) is 3.25. The molecule has 2 aromatic rings. The number of amides is 1. The summed E-state index contributed by atoms with van der Waals surface area (Å²) in [5.41, 5.74) is 0.950. The second kappa shape index (κ2) is 10.4. The monoisotopic (exact) mass is 423 g/mol. The van der Waals surface area contributed by atoms with Gasteiger partial charge in [0.1, 0.15) is 11.6 Å². The van der Waals surface area contributed by atoms with E-state index in [-0.39, 0.29) is 11.9 Å². The van der Waals surface area contributed by atoms with E-state index < -0.39 is 0 Å². The predicted octanol–water partition coefficient (Wildman–Crippen LogP) is 2.30. The third-order valence-electron chi connectivity index (χ3n) is 5.89. The van der Waals surface area contributed by atoms with Crippen molar-refractivity contribution in [3.63, 3.8) is 0 Å². The summed E-state index contributed by atoms with van der Waals surface area (Å²) in [5, 5.41) is 15.5. The lowest BCUT2D eigenvalue weighted by molar-refractivity contribution is -0.117. The summed E-state index contributed by atoms with van der Waals surface area (Å²) in [4.78, 5) is 19.1. The summed E-state index contributed by atoms with van der Waals surface area (Å²) in [6.07, 6.45) is 7.03. The molecule has 1 aromatic carbocycles. The quantitative estimate of drug-likeness (QED) is 0.405. The fourth-order valence-electron chi connectivity index (χ4n) is 4.33. The van der Waals surface area contributed by atoms with Crippen molar-refractivity contribution >= 4 is 17.6 Å². The molecule has 31 heavy (non-hydrogen) atoms. The topological polar surface area (TPSA) is 87.4 Å². The molecule has 1 aromatic heterocycles. The molecule has 0 spiro atoms. The number of aryl methyl sites for hydroxylation is 2. The number of carbonyl (C=O) groups excluding carboxylic acids is 1. The standard InChI is InChI=1S/C23H33N7O/c1-2-24-23(26-18-16-22(31)30(17-18)19-10-5-3-6-11-19)25-14-9-13-21-28-27-20-12-7-4-8-15-29(20)21/h3,5-6,10-11,18H,2,4,7-9,12-17H2,1H3,(H2,24,25,26). The average molecular weight is 424 g/mol. The van der Waals surface area contributed by atoms with Gasteiger partial charge in [-0.25, -0.2) is 0 Å². The number of hydrogen-bond acceptors (Lipinski definition) is 4. The highest BCUT2D eigenvalue weighted by Gasteiger charge is 2.31. The van der Waals surface area contributed by atoms with Crippen molar-refractivity contribution in [3.8, 4) is 0 Å². The summed E-state index contributed by atoms with van der Waals surface area (Å²) in [6.45, 7) is 5.24. The zero-order valence-electron chi connectivity index (χ0n) is 18.4. The highest BCUT2D eigenvalue weighted by Crippen LogP contribution is 2.21. The normalized spacial score (nSPS) is 19.3. The Labute approximate surface area is 184 Å². The van der Waals surface area contributed by atoms with Crippen molar-refractivity contribution < 1.29 is 4.79 Å². The number of para-hydroxylation sites is 1. The molecule has 8 nitrogen and oxygen atoms in total. The summed E-state index contributed by atoms with van der Waals surface area (Å²) in [7, 11) is 0. The molecule has 166 valence electrons. The third kappa shape index (κ3) is 5.42. The Hall–Kier alpha value is -2.90. The number of fused-ring (bicyclic) bond motifs is 1. The molecule has 0 saturated carbocycles. The highest BCUT2D eigenvalue weighted by atomic mass is 16.2. The third-order valence-corrected chi connectivity index (χ3v) is 5.89. The Morgan fingerprint density at radius 2 is 2.06 bits per heavy atom. The molecule has 8 heteroatoms. The molecular formula is C23H33N7O. The number of guanidine groups is 1. The van der Waals surface area contributed by atoms with Crippen LogP contribution in [0.3, 0.4) is 0 Å². The second-order valence-electron chi connectivity index (χ2n) is 8.24. The summed E-state index contributed by atoms with van der Waals surface area (Å²) < 4.78 is 2.31. The van der Waals surface area contributed by atoms with E-state index in [1.54, 1.807) is 0 Å². The number of nitrogens with one attached hydrogen (secondary N) is 2. The van der Waals surface area contributed by atoms with E-state index in [1.165, 1.54) is 19.3 Å². The van der Waals surface area contributed by atoms with Gasteiger partial charge in [0, 0.05) is 51.1 Å². The van der Waals surface area contributed by atoms with Crippen molar-refractivity contribution in [3.05, 3.63) is 42.0 Å². The van der Waals surface area contributed by atoms with E-state index >= 15 is 0 Å². The number of benzene rings is 1. The first-order valence-electron chi connectivity index (χ1n) is 11.6. The molecule has 1 atom stereocenters. The number of carbonyl (C=O) groups is 1. The minimum atomic E-state index is 0.0535. The molecule has 0 bridgehead atoms. The van der Waals surface area contributed by atoms with Gasteiger partial charge in [-0.1, -0.05) is 24.6 Å². The van der Waals surface area contributed by atoms with Crippen LogP contribution in [-0.4, -0.2) is 52.3 Å². The van der Waals surface area contributed by atoms with Crippen molar-refractivity contribution in [2.24, 2.45) is 4.99 Å². The number of anilines is 1. The van der Waals surface area contributed by atoms with E-state index in [2.05, 4.69) is 32.3 Å². The van der Waals surface area contributed by atoms with Gasteiger partial charge in [0.25, 0.3) is 0 Å². The van der Waals surface area contributed by atoms with E-state index in [9.17, 15) is 4.79 Å². The molecule has 1 saturated heterocycles. The molecular weight excluding hydrogens is 390 g/mol. The lowest BCUT2D eigenvalue weighted by Gasteiger charge is -2.19. The van der Waals surface area contributed by atoms with Gasteiger partial charge in [0.2, 0.25) is 5.91 Å². The van der Waals surface area contributed by atoms with Gasteiger partial charge in [-0.3, -0.25) is 9.79 Å². The Balaban J connectivity index is 1.30. The maximum atomic E-state index is 12.5. The second-order valence-corrected chi connectivity index (χ2v) is 8.24. The van der Waals surface area contributed by atoms with Gasteiger partial charge in [-0.05, 0) is 38.3 Å². The van der Waals surface area contributed by atoms with Crippen molar-refractivity contribution in [1.29, 1.82) is 0 Å². The van der Waals surface area contributed by atoms with Gasteiger partial charge >= 0.3 is 0 Å². The van der Waals surface area contributed by atoms with Crippen LogP contribution in [0.5, 0.6) is 0 Å². The van der Waals surface area contributed by atoms with Gasteiger partial charge in [0.15, 0.2) is 5.96 Å². The van der Waals surface area contributed by atoms with E-state index in [1.807, 2.05) is 35.2 Å². The van der Waals surface area contributed by atoms with E-state index in [0.717, 1.165) is 55.6 Å². The number of rotatable bonds is 7. The van der Waals surface area contributed by atoms with Crippen LogP contribution in [0, 0.1) is 0 Å². The van der Waals surface area contributed by atoms with E-state index in [0.29, 0.717) is 19.5 Å². The number of aliphatic imine (C=N–C) groups is 1. The first kappa shape index (κ1) is 21.3. The van der Waals surface area contributed by atoms with Crippen LogP contribution in [0.2, 0.25) is 0 Å². The predicted molar refractivity (Wildman–Crippen MR) is 122 cm³/mol. The molecule has 2 aliphatic heterocycles. The highest BCUT2D eigenvalue weighted by molar-refractivity contribution is 5.97. The first-order chi connectivity index (χ1) is 15.2. The summed E-state index contributed by atoms with van der Waals surface area (Å²) in [5.74, 6) is 3.15.